The van der Waals surface area contributed by atoms with Crippen molar-refractivity contribution in [3.63, 3.8) is 0 Å². The fourth-order valence-electron chi connectivity index (χ4n) is 2.73. The highest BCUT2D eigenvalue weighted by Crippen LogP contribution is 2.27. The number of carbonyl (C=O) groups excluding carboxylic acids is 2. The Morgan fingerprint density at radius 3 is 2.27 bits per heavy atom. The molecule has 4 nitrogen and oxygen atoms in total. The van der Waals surface area contributed by atoms with E-state index in [1.165, 1.54) is 0 Å². The number of ether oxygens (including phenoxy) is 1. The average molecular weight is 353 g/mol. The number of para-hydroxylation sites is 1. The van der Waals surface area contributed by atoms with Crippen LogP contribution >= 0.6 is 0 Å². The summed E-state index contributed by atoms with van der Waals surface area (Å²) in [4.78, 5) is 24.6. The number of hydrogen-bond donors (Lipinski definition) is 1. The molecule has 1 atom stereocenters. The van der Waals surface area contributed by atoms with Gasteiger partial charge in [-0.1, -0.05) is 61.9 Å². The summed E-state index contributed by atoms with van der Waals surface area (Å²) in [6.45, 7) is 9.70. The molecule has 0 spiro atoms. The summed E-state index contributed by atoms with van der Waals surface area (Å²) < 4.78 is 5.31. The highest BCUT2D eigenvalue weighted by Gasteiger charge is 2.20. The minimum Gasteiger partial charge on any atom is -0.452 e. The Kier molecular flexibility index (Phi) is 6.56. The van der Waals surface area contributed by atoms with Crippen molar-refractivity contribution in [1.29, 1.82) is 0 Å². The van der Waals surface area contributed by atoms with Gasteiger partial charge in [-0.25, -0.2) is 0 Å². The van der Waals surface area contributed by atoms with Gasteiger partial charge in [0.2, 0.25) is 0 Å². The zero-order chi connectivity index (χ0) is 19.3. The Hall–Kier alpha value is -2.62. The van der Waals surface area contributed by atoms with Gasteiger partial charge in [0.1, 0.15) is 0 Å². The Morgan fingerprint density at radius 1 is 1.00 bits per heavy atom. The highest BCUT2D eigenvalue weighted by atomic mass is 16.5. The highest BCUT2D eigenvalue weighted by molar-refractivity contribution is 5.96. The van der Waals surface area contributed by atoms with Crippen molar-refractivity contribution >= 4 is 17.6 Å². The molecule has 2 aromatic carbocycles. The van der Waals surface area contributed by atoms with Crippen LogP contribution < -0.4 is 5.32 Å². The van der Waals surface area contributed by atoms with Gasteiger partial charge in [0.15, 0.2) is 6.10 Å². The standard InChI is InChI=1S/C22H27NO3/c1-14(2)19-8-6-7-16(4)21(19)23-22(25)17(5)26-20(24)13-18-11-9-15(3)10-12-18/h6-12,14,17H,13H2,1-5H3,(H,23,25)/t17-/m1/s1. The largest absolute Gasteiger partial charge is 0.452 e. The van der Waals surface area contributed by atoms with E-state index in [1.807, 2.05) is 56.3 Å². The summed E-state index contributed by atoms with van der Waals surface area (Å²) in [6.07, 6.45) is -0.702. The molecule has 0 unspecified atom stereocenters. The topological polar surface area (TPSA) is 55.4 Å². The van der Waals surface area contributed by atoms with E-state index in [1.54, 1.807) is 6.92 Å². The SMILES string of the molecule is Cc1ccc(CC(=O)O[C@H](C)C(=O)Nc2c(C)cccc2C(C)C)cc1. The maximum atomic E-state index is 12.5. The molecule has 2 aromatic rings. The first-order chi connectivity index (χ1) is 12.3. The van der Waals surface area contributed by atoms with E-state index >= 15 is 0 Å². The molecule has 1 amide bonds. The molecular weight excluding hydrogens is 326 g/mol. The molecule has 0 radical (unpaired) electrons. The third-order valence-electron chi connectivity index (χ3n) is 4.32. The molecule has 0 aliphatic carbocycles. The van der Waals surface area contributed by atoms with Crippen molar-refractivity contribution in [1.82, 2.24) is 0 Å². The van der Waals surface area contributed by atoms with Crippen LogP contribution in [0.15, 0.2) is 42.5 Å². The van der Waals surface area contributed by atoms with Crippen molar-refractivity contribution in [3.8, 4) is 0 Å². The Labute approximate surface area is 155 Å². The molecule has 138 valence electrons. The maximum Gasteiger partial charge on any atom is 0.311 e. The fraction of sp³-hybridized carbons (Fsp3) is 0.364. The van der Waals surface area contributed by atoms with E-state index in [2.05, 4.69) is 19.2 Å². The summed E-state index contributed by atoms with van der Waals surface area (Å²) in [7, 11) is 0. The maximum absolute atomic E-state index is 12.5. The number of benzene rings is 2. The molecular formula is C22H27NO3. The van der Waals surface area contributed by atoms with Crippen LogP contribution in [0, 0.1) is 13.8 Å². The minimum absolute atomic E-state index is 0.152. The number of hydrogen-bond acceptors (Lipinski definition) is 3. The van der Waals surface area contributed by atoms with Gasteiger partial charge in [0.05, 0.1) is 6.42 Å². The second-order valence-electron chi connectivity index (χ2n) is 6.98. The predicted molar refractivity (Wildman–Crippen MR) is 104 cm³/mol. The summed E-state index contributed by atoms with van der Waals surface area (Å²) in [5.74, 6) is -0.451. The van der Waals surface area contributed by atoms with Crippen molar-refractivity contribution in [2.75, 3.05) is 5.32 Å². The Balaban J connectivity index is 1.99. The molecule has 26 heavy (non-hydrogen) atoms. The number of nitrogens with one attached hydrogen (secondary N) is 1. The molecule has 4 heteroatoms. The van der Waals surface area contributed by atoms with E-state index in [0.717, 1.165) is 27.9 Å². The van der Waals surface area contributed by atoms with Crippen LogP contribution in [0.3, 0.4) is 0 Å². The van der Waals surface area contributed by atoms with Gasteiger partial charge in [-0.2, -0.15) is 0 Å². The van der Waals surface area contributed by atoms with Crippen LogP contribution in [0.25, 0.3) is 0 Å². The van der Waals surface area contributed by atoms with Crippen LogP contribution in [0.5, 0.6) is 0 Å². The van der Waals surface area contributed by atoms with Crippen molar-refractivity contribution in [2.24, 2.45) is 0 Å². The number of carbonyl (C=O) groups is 2. The quantitative estimate of drug-likeness (QED) is 0.776. The van der Waals surface area contributed by atoms with Gasteiger partial charge < -0.3 is 10.1 Å². The van der Waals surface area contributed by atoms with E-state index in [4.69, 9.17) is 4.74 Å². The zero-order valence-electron chi connectivity index (χ0n) is 16.1. The van der Waals surface area contributed by atoms with Crippen molar-refractivity contribution in [2.45, 2.75) is 53.1 Å². The lowest BCUT2D eigenvalue weighted by Crippen LogP contribution is -2.31. The molecule has 0 fully saturated rings. The number of rotatable bonds is 6. The summed E-state index contributed by atoms with van der Waals surface area (Å²) >= 11 is 0. The molecule has 0 saturated carbocycles. The molecule has 2 rings (SSSR count). The van der Waals surface area contributed by atoms with Crippen molar-refractivity contribution < 1.29 is 14.3 Å². The molecule has 0 aliphatic rings. The first-order valence-corrected chi connectivity index (χ1v) is 8.93. The number of esters is 1. The summed E-state index contributed by atoms with van der Waals surface area (Å²) in [6, 6.07) is 13.6. The third kappa shape index (κ3) is 5.19. The predicted octanol–water partition coefficient (Wildman–Crippen LogP) is 4.54. The Bertz CT molecular complexity index is 778. The number of aryl methyl sites for hydroxylation is 2. The average Bonchev–Trinajstić information content (AvgIpc) is 2.58. The minimum atomic E-state index is -0.854. The second-order valence-corrected chi connectivity index (χ2v) is 6.98. The van der Waals surface area contributed by atoms with Crippen LogP contribution in [0.4, 0.5) is 5.69 Å². The first-order valence-electron chi connectivity index (χ1n) is 8.93. The lowest BCUT2D eigenvalue weighted by Gasteiger charge is -2.19. The van der Waals surface area contributed by atoms with E-state index in [0.29, 0.717) is 0 Å². The van der Waals surface area contributed by atoms with Crippen LogP contribution in [-0.2, 0) is 20.7 Å². The van der Waals surface area contributed by atoms with Gasteiger partial charge in [-0.3, -0.25) is 9.59 Å². The third-order valence-corrected chi connectivity index (χ3v) is 4.32. The fourth-order valence-corrected chi connectivity index (χ4v) is 2.73. The van der Waals surface area contributed by atoms with E-state index in [9.17, 15) is 9.59 Å². The monoisotopic (exact) mass is 353 g/mol. The summed E-state index contributed by atoms with van der Waals surface area (Å²) in [5, 5.41) is 2.92. The molecule has 0 saturated heterocycles. The van der Waals surface area contributed by atoms with Gasteiger partial charge in [0, 0.05) is 5.69 Å². The molecule has 0 aromatic heterocycles. The number of amides is 1. The zero-order valence-corrected chi connectivity index (χ0v) is 16.1. The molecule has 1 N–H and O–H groups in total. The van der Waals surface area contributed by atoms with Gasteiger partial charge in [-0.05, 0) is 43.4 Å². The first kappa shape index (κ1) is 19.7. The summed E-state index contributed by atoms with van der Waals surface area (Å²) in [5.41, 5.74) is 4.86. The molecule has 0 bridgehead atoms. The smallest absolute Gasteiger partial charge is 0.311 e. The molecule has 0 aliphatic heterocycles. The second kappa shape index (κ2) is 8.65. The van der Waals surface area contributed by atoms with Crippen LogP contribution in [0.1, 0.15) is 48.9 Å². The lowest BCUT2D eigenvalue weighted by atomic mass is 9.98. The van der Waals surface area contributed by atoms with Gasteiger partial charge >= 0.3 is 5.97 Å². The Morgan fingerprint density at radius 2 is 1.65 bits per heavy atom. The van der Waals surface area contributed by atoms with E-state index < -0.39 is 12.1 Å². The lowest BCUT2D eigenvalue weighted by molar-refractivity contribution is -0.152. The van der Waals surface area contributed by atoms with Gasteiger partial charge in [-0.15, -0.1) is 0 Å². The van der Waals surface area contributed by atoms with Gasteiger partial charge in [0.25, 0.3) is 5.91 Å². The van der Waals surface area contributed by atoms with E-state index in [-0.39, 0.29) is 18.2 Å². The molecule has 0 heterocycles. The van der Waals surface area contributed by atoms with Crippen LogP contribution in [0.2, 0.25) is 0 Å². The van der Waals surface area contributed by atoms with Crippen molar-refractivity contribution in [3.05, 3.63) is 64.7 Å². The number of anilines is 1. The van der Waals surface area contributed by atoms with Crippen LogP contribution in [-0.4, -0.2) is 18.0 Å². The normalized spacial score (nSPS) is 11.9.